The van der Waals surface area contributed by atoms with E-state index in [2.05, 4.69) is 48.1 Å². The van der Waals surface area contributed by atoms with Crippen LogP contribution in [0.2, 0.25) is 0 Å². The second-order valence-corrected chi connectivity index (χ2v) is 5.60. The Morgan fingerprint density at radius 1 is 1.39 bits per heavy atom. The van der Waals surface area contributed by atoms with Crippen molar-refractivity contribution in [1.29, 1.82) is 0 Å². The molecular weight excluding hydrogens is 226 g/mol. The lowest BCUT2D eigenvalue weighted by atomic mass is 10.0. The molecule has 5 heteroatoms. The summed E-state index contributed by atoms with van der Waals surface area (Å²) < 4.78 is 0. The molecule has 1 rings (SSSR count). The Morgan fingerprint density at radius 3 is 2.50 bits per heavy atom. The molecule has 0 aromatic heterocycles. The zero-order chi connectivity index (χ0) is 13.5. The first kappa shape index (κ1) is 15.2. The Labute approximate surface area is 111 Å². The number of hydrogen-bond acceptors (Lipinski definition) is 3. The van der Waals surface area contributed by atoms with Crippen LogP contribution in [0.25, 0.3) is 0 Å². The molecule has 0 saturated carbocycles. The highest BCUT2D eigenvalue weighted by Gasteiger charge is 2.19. The van der Waals surface area contributed by atoms with Crippen LogP contribution in [0, 0.1) is 0 Å². The van der Waals surface area contributed by atoms with E-state index in [0.717, 1.165) is 19.1 Å². The van der Waals surface area contributed by atoms with Crippen molar-refractivity contribution in [1.82, 2.24) is 15.1 Å². The number of guanidine groups is 1. The molecule has 0 aliphatic carbocycles. The SMILES string of the molecule is CC(C)NC(N)=NCCN1CCC(N(C)C)CC1. The smallest absolute Gasteiger partial charge is 0.188 e. The maximum Gasteiger partial charge on any atom is 0.188 e. The van der Waals surface area contributed by atoms with Crippen molar-refractivity contribution in [2.75, 3.05) is 40.3 Å². The Bertz CT molecular complexity index is 254. The van der Waals surface area contributed by atoms with E-state index < -0.39 is 0 Å². The van der Waals surface area contributed by atoms with Crippen LogP contribution in [0.4, 0.5) is 0 Å². The van der Waals surface area contributed by atoms with E-state index in [0.29, 0.717) is 12.0 Å². The monoisotopic (exact) mass is 255 g/mol. The molecule has 106 valence electrons. The van der Waals surface area contributed by atoms with Crippen molar-refractivity contribution in [2.45, 2.75) is 38.8 Å². The van der Waals surface area contributed by atoms with Gasteiger partial charge in [-0.2, -0.15) is 0 Å². The molecule has 1 saturated heterocycles. The summed E-state index contributed by atoms with van der Waals surface area (Å²) >= 11 is 0. The minimum absolute atomic E-state index is 0.351. The number of nitrogens with zero attached hydrogens (tertiary/aromatic N) is 3. The van der Waals surface area contributed by atoms with Crippen molar-refractivity contribution in [3.05, 3.63) is 0 Å². The molecule has 1 heterocycles. The van der Waals surface area contributed by atoms with Gasteiger partial charge in [0.15, 0.2) is 5.96 Å². The topological polar surface area (TPSA) is 56.9 Å². The third kappa shape index (κ3) is 5.69. The molecule has 0 atom stereocenters. The van der Waals surface area contributed by atoms with Crippen molar-refractivity contribution < 1.29 is 0 Å². The van der Waals surface area contributed by atoms with Gasteiger partial charge in [0.05, 0.1) is 6.54 Å². The summed E-state index contributed by atoms with van der Waals surface area (Å²) in [5.41, 5.74) is 5.77. The predicted octanol–water partition coefficient (Wildman–Crippen LogP) is 0.325. The summed E-state index contributed by atoms with van der Waals surface area (Å²) in [6.07, 6.45) is 2.52. The van der Waals surface area contributed by atoms with Gasteiger partial charge in [-0.1, -0.05) is 0 Å². The van der Waals surface area contributed by atoms with Gasteiger partial charge in [0.2, 0.25) is 0 Å². The van der Waals surface area contributed by atoms with Gasteiger partial charge in [0, 0.05) is 18.6 Å². The quantitative estimate of drug-likeness (QED) is 0.549. The van der Waals surface area contributed by atoms with E-state index in [4.69, 9.17) is 5.73 Å². The van der Waals surface area contributed by atoms with Crippen LogP contribution >= 0.6 is 0 Å². The molecule has 1 aliphatic rings. The molecule has 5 nitrogen and oxygen atoms in total. The number of likely N-dealkylation sites (tertiary alicyclic amines) is 1. The summed E-state index contributed by atoms with van der Waals surface area (Å²) in [7, 11) is 4.34. The minimum atomic E-state index is 0.351. The van der Waals surface area contributed by atoms with Crippen molar-refractivity contribution in [2.24, 2.45) is 10.7 Å². The molecule has 0 amide bonds. The normalized spacial score (nSPS) is 19.8. The van der Waals surface area contributed by atoms with Crippen LogP contribution in [-0.2, 0) is 0 Å². The predicted molar refractivity (Wildman–Crippen MR) is 77.9 cm³/mol. The van der Waals surface area contributed by atoms with E-state index >= 15 is 0 Å². The van der Waals surface area contributed by atoms with Crippen LogP contribution in [0.15, 0.2) is 4.99 Å². The molecule has 0 aromatic carbocycles. The maximum atomic E-state index is 5.77. The van der Waals surface area contributed by atoms with Crippen LogP contribution < -0.4 is 11.1 Å². The van der Waals surface area contributed by atoms with Gasteiger partial charge in [0.1, 0.15) is 0 Å². The summed E-state index contributed by atoms with van der Waals surface area (Å²) in [6.45, 7) is 8.29. The van der Waals surface area contributed by atoms with Gasteiger partial charge in [-0.25, -0.2) is 0 Å². The second kappa shape index (κ2) is 7.59. The fraction of sp³-hybridized carbons (Fsp3) is 0.923. The van der Waals surface area contributed by atoms with Gasteiger partial charge in [-0.3, -0.25) is 4.99 Å². The molecule has 0 bridgehead atoms. The lowest BCUT2D eigenvalue weighted by molar-refractivity contribution is 0.148. The van der Waals surface area contributed by atoms with Crippen molar-refractivity contribution in [3.8, 4) is 0 Å². The summed E-state index contributed by atoms with van der Waals surface area (Å²) in [5.74, 6) is 0.563. The Kier molecular flexibility index (Phi) is 6.43. The average molecular weight is 255 g/mol. The highest BCUT2D eigenvalue weighted by Crippen LogP contribution is 2.13. The molecule has 3 N–H and O–H groups in total. The largest absolute Gasteiger partial charge is 0.370 e. The third-order valence-electron chi connectivity index (χ3n) is 3.42. The van der Waals surface area contributed by atoms with E-state index in [1.807, 2.05) is 0 Å². The fourth-order valence-electron chi connectivity index (χ4n) is 2.31. The van der Waals surface area contributed by atoms with Gasteiger partial charge in [-0.15, -0.1) is 0 Å². The first-order valence-corrected chi connectivity index (χ1v) is 6.94. The minimum Gasteiger partial charge on any atom is -0.370 e. The van der Waals surface area contributed by atoms with Gasteiger partial charge < -0.3 is 20.9 Å². The van der Waals surface area contributed by atoms with Crippen LogP contribution in [0.3, 0.4) is 0 Å². The molecule has 0 radical (unpaired) electrons. The molecule has 0 unspecified atom stereocenters. The molecule has 0 aromatic rings. The van der Waals surface area contributed by atoms with Crippen LogP contribution in [0.1, 0.15) is 26.7 Å². The van der Waals surface area contributed by atoms with E-state index in [1.54, 1.807) is 0 Å². The number of nitrogens with one attached hydrogen (secondary N) is 1. The fourth-order valence-corrected chi connectivity index (χ4v) is 2.31. The molecule has 1 aliphatic heterocycles. The van der Waals surface area contributed by atoms with E-state index in [9.17, 15) is 0 Å². The summed E-state index contributed by atoms with van der Waals surface area (Å²) in [4.78, 5) is 9.16. The zero-order valence-corrected chi connectivity index (χ0v) is 12.3. The van der Waals surface area contributed by atoms with Gasteiger partial charge in [0.25, 0.3) is 0 Å². The highest BCUT2D eigenvalue weighted by atomic mass is 15.2. The molecule has 1 fully saturated rings. The summed E-state index contributed by atoms with van der Waals surface area (Å²) in [6, 6.07) is 1.10. The number of piperidine rings is 1. The Morgan fingerprint density at radius 2 is 2.00 bits per heavy atom. The maximum absolute atomic E-state index is 5.77. The van der Waals surface area contributed by atoms with E-state index in [1.165, 1.54) is 25.9 Å². The van der Waals surface area contributed by atoms with Crippen LogP contribution in [0.5, 0.6) is 0 Å². The average Bonchev–Trinajstić information content (AvgIpc) is 2.28. The zero-order valence-electron chi connectivity index (χ0n) is 12.3. The highest BCUT2D eigenvalue weighted by molar-refractivity contribution is 5.78. The van der Waals surface area contributed by atoms with Crippen molar-refractivity contribution in [3.63, 3.8) is 0 Å². The number of hydrogen-bond donors (Lipinski definition) is 2. The van der Waals surface area contributed by atoms with Crippen LogP contribution in [-0.4, -0.2) is 68.1 Å². The Balaban J connectivity index is 2.18. The number of aliphatic imine (C=N–C) groups is 1. The molecule has 18 heavy (non-hydrogen) atoms. The first-order chi connectivity index (χ1) is 8.49. The first-order valence-electron chi connectivity index (χ1n) is 6.94. The lowest BCUT2D eigenvalue weighted by Crippen LogP contribution is -2.43. The molecule has 0 spiro atoms. The third-order valence-corrected chi connectivity index (χ3v) is 3.42. The van der Waals surface area contributed by atoms with Crippen molar-refractivity contribution >= 4 is 5.96 Å². The van der Waals surface area contributed by atoms with E-state index in [-0.39, 0.29) is 0 Å². The summed E-state index contributed by atoms with van der Waals surface area (Å²) in [5, 5.41) is 3.11. The Hall–Kier alpha value is -0.810. The standard InChI is InChI=1S/C13H29N5/c1-11(2)16-13(14)15-7-10-18-8-5-12(6-9-18)17(3)4/h11-12H,5-10H2,1-4H3,(H3,14,15,16). The second-order valence-electron chi connectivity index (χ2n) is 5.60. The lowest BCUT2D eigenvalue weighted by Gasteiger charge is -2.34. The number of nitrogens with two attached hydrogens (primary N) is 1. The molecular formula is C13H29N5. The van der Waals surface area contributed by atoms with Gasteiger partial charge >= 0.3 is 0 Å². The number of rotatable bonds is 5. The van der Waals surface area contributed by atoms with Gasteiger partial charge in [-0.05, 0) is 53.9 Å².